The second kappa shape index (κ2) is 44.3. The predicted octanol–water partition coefficient (Wildman–Crippen LogP) is 8.64. The number of anilines is 2. The molecule has 4 amide bonds. The first-order valence-corrected chi connectivity index (χ1v) is 41.9. The fourth-order valence-corrected chi connectivity index (χ4v) is 16.0. The molecule has 0 aliphatic carbocycles. The Kier molecular flexibility index (Phi) is 33.5. The Morgan fingerprint density at radius 3 is 1.46 bits per heavy atom. The number of aryl methyl sites for hydroxylation is 1. The molecular formula is C91H111N5O32. The third-order valence-electron chi connectivity index (χ3n) is 22.3. The van der Waals surface area contributed by atoms with Gasteiger partial charge in [0.1, 0.15) is 62.1 Å². The molecule has 692 valence electrons. The van der Waals surface area contributed by atoms with Gasteiger partial charge in [0.2, 0.25) is 18.7 Å². The van der Waals surface area contributed by atoms with Crippen LogP contribution < -0.4 is 44.0 Å². The number of fused-ring (bicyclic) bond motifs is 4. The summed E-state index contributed by atoms with van der Waals surface area (Å²) in [6, 6.07) is 17.7. The van der Waals surface area contributed by atoms with Gasteiger partial charge in [-0.2, -0.15) is 0 Å². The summed E-state index contributed by atoms with van der Waals surface area (Å²) >= 11 is 0. The molecule has 0 spiro atoms. The van der Waals surface area contributed by atoms with Gasteiger partial charge >= 0.3 is 42.0 Å². The molecule has 5 aromatic carbocycles. The van der Waals surface area contributed by atoms with Crippen molar-refractivity contribution in [1.82, 2.24) is 9.80 Å². The maximum absolute atomic E-state index is 15.0. The van der Waals surface area contributed by atoms with Crippen LogP contribution in [0, 0.1) is 18.8 Å². The number of nitrogens with zero attached hydrogens (tertiary/aromatic N) is 4. The van der Waals surface area contributed by atoms with Crippen molar-refractivity contribution in [2.45, 2.75) is 194 Å². The zero-order valence-corrected chi connectivity index (χ0v) is 73.7. The molecule has 0 bridgehead atoms. The van der Waals surface area contributed by atoms with Gasteiger partial charge in [0, 0.05) is 106 Å². The zero-order valence-electron chi connectivity index (χ0n) is 73.7. The smallest absolute Gasteiger partial charge is 0.416 e. The van der Waals surface area contributed by atoms with Gasteiger partial charge in [0.25, 0.3) is 11.8 Å². The van der Waals surface area contributed by atoms with E-state index in [9.17, 15) is 53.4 Å². The SMILES string of the molecule is C=C1CC2C(O)N(C(=O)OCc3ccc(O[C@@H]4O[C@H](C)[C@@H](C)[C@H](OC(C)=O)[C@H]4OC(C)=O)c(C(=O)CCCOC)c3)c3cc(OCc4cc(COc5cc6c(cc5C)C(=O)N5CC(=C)C[C@H]5C(O)N6C(=O)OCc5ccc(OC6OC(C(=O)OC)[C@@H](OC(C)=O)[C@H](OC(C)=O)[C@H]6C)c(C(=O)CCCOC)c5)cc(OCCOCCOCCN)c4)c(OC)cc3C(=O)N2C1. The maximum Gasteiger partial charge on any atom is 0.416 e. The average molecular weight is 1790 g/mol. The number of amides is 4. The lowest BCUT2D eigenvalue weighted by Gasteiger charge is -2.43. The number of aliphatic hydroxyl groups is 2. The quantitative estimate of drug-likeness (QED) is 0.0109. The van der Waals surface area contributed by atoms with Crippen LogP contribution in [0.4, 0.5) is 21.0 Å². The van der Waals surface area contributed by atoms with Gasteiger partial charge in [-0.25, -0.2) is 24.2 Å². The molecule has 4 fully saturated rings. The third kappa shape index (κ3) is 23.4. The van der Waals surface area contributed by atoms with Crippen molar-refractivity contribution in [2.75, 3.05) is 104 Å². The minimum absolute atomic E-state index is 0.000748. The number of nitrogens with two attached hydrogens (primary N) is 1. The van der Waals surface area contributed by atoms with E-state index >= 15 is 9.59 Å². The number of carbonyl (C=O) groups excluding carboxylic acids is 11. The molecule has 128 heavy (non-hydrogen) atoms. The molecule has 4 N–H and O–H groups in total. The lowest BCUT2D eigenvalue weighted by Crippen LogP contribution is -2.60. The summed E-state index contributed by atoms with van der Waals surface area (Å²) in [5.41, 5.74) is 8.50. The molecule has 6 aliphatic heterocycles. The van der Waals surface area contributed by atoms with E-state index in [1.54, 1.807) is 45.9 Å². The van der Waals surface area contributed by atoms with Gasteiger partial charge in [-0.05, 0) is 122 Å². The van der Waals surface area contributed by atoms with Gasteiger partial charge in [0.15, 0.2) is 53.8 Å². The fraction of sp³-hybridized carbons (Fsp3) is 0.505. The number of methoxy groups -OCH3 is 4. The summed E-state index contributed by atoms with van der Waals surface area (Å²) in [6.07, 6.45) is -15.0. The second-order valence-corrected chi connectivity index (χ2v) is 31.8. The summed E-state index contributed by atoms with van der Waals surface area (Å²) in [7, 11) is 5.41. The van der Waals surface area contributed by atoms with E-state index in [4.69, 9.17) is 95.7 Å². The summed E-state index contributed by atoms with van der Waals surface area (Å²) < 4.78 is 112. The lowest BCUT2D eigenvalue weighted by atomic mass is 9.91. The highest BCUT2D eigenvalue weighted by Gasteiger charge is 2.54. The predicted molar refractivity (Wildman–Crippen MR) is 451 cm³/mol. The van der Waals surface area contributed by atoms with Crippen LogP contribution in [0.15, 0.2) is 103 Å². The minimum Gasteiger partial charge on any atom is -0.493 e. The van der Waals surface area contributed by atoms with Crippen LogP contribution in [0.2, 0.25) is 0 Å². The van der Waals surface area contributed by atoms with Crippen LogP contribution >= 0.6 is 0 Å². The Labute approximate surface area is 739 Å². The first-order valence-electron chi connectivity index (χ1n) is 41.9. The number of ether oxygens (including phenoxy) is 19. The Morgan fingerprint density at radius 1 is 0.492 bits per heavy atom. The first-order chi connectivity index (χ1) is 61.2. The number of rotatable bonds is 39. The van der Waals surface area contributed by atoms with Crippen LogP contribution in [0.25, 0.3) is 0 Å². The number of carbonyl (C=O) groups is 11. The van der Waals surface area contributed by atoms with Crippen molar-refractivity contribution < 1.29 is 153 Å². The van der Waals surface area contributed by atoms with E-state index in [1.807, 2.05) is 0 Å². The van der Waals surface area contributed by atoms with Crippen molar-refractivity contribution in [3.05, 3.63) is 153 Å². The molecular weight excluding hydrogens is 1680 g/mol. The van der Waals surface area contributed by atoms with Crippen molar-refractivity contribution in [2.24, 2.45) is 17.6 Å². The average Bonchev–Trinajstić information content (AvgIpc) is 1.59. The number of esters is 5. The van der Waals surface area contributed by atoms with Gasteiger partial charge in [0.05, 0.1) is 98.4 Å². The summed E-state index contributed by atoms with van der Waals surface area (Å²) in [4.78, 5) is 156. The highest BCUT2D eigenvalue weighted by Crippen LogP contribution is 2.45. The Morgan fingerprint density at radius 2 is 0.961 bits per heavy atom. The largest absolute Gasteiger partial charge is 0.493 e. The third-order valence-corrected chi connectivity index (χ3v) is 22.3. The molecule has 37 heteroatoms. The lowest BCUT2D eigenvalue weighted by molar-refractivity contribution is -0.263. The summed E-state index contributed by atoms with van der Waals surface area (Å²) in [5.74, 6) is -6.80. The van der Waals surface area contributed by atoms with Crippen LogP contribution in [-0.2, 0) is 112 Å². The molecule has 0 aromatic heterocycles. The topological polar surface area (TPSA) is 443 Å². The Balaban J connectivity index is 0.868. The number of hydrogen-bond acceptors (Lipinski definition) is 33. The maximum atomic E-state index is 15.0. The number of benzene rings is 5. The van der Waals surface area contributed by atoms with E-state index in [0.29, 0.717) is 53.2 Å². The molecule has 6 aliphatic rings. The van der Waals surface area contributed by atoms with Crippen LogP contribution in [0.1, 0.15) is 156 Å². The highest BCUT2D eigenvalue weighted by molar-refractivity contribution is 6.07. The molecule has 0 radical (unpaired) electrons. The number of aliphatic hydroxyl groups excluding tert-OH is 2. The van der Waals surface area contributed by atoms with Crippen LogP contribution in [0.5, 0.6) is 34.5 Å². The minimum atomic E-state index is -1.74. The van der Waals surface area contributed by atoms with Crippen molar-refractivity contribution in [3.8, 4) is 34.5 Å². The van der Waals surface area contributed by atoms with Gasteiger partial charge < -0.3 is 116 Å². The van der Waals surface area contributed by atoms with Crippen LogP contribution in [0.3, 0.4) is 0 Å². The number of Topliss-reactive ketones (excluding diaryl/α,β-unsaturated/α-hetero) is 2. The van der Waals surface area contributed by atoms with Gasteiger partial charge in [-0.1, -0.05) is 50.3 Å². The van der Waals surface area contributed by atoms with Crippen molar-refractivity contribution >= 4 is 76.8 Å². The molecule has 37 nitrogen and oxygen atoms in total. The van der Waals surface area contributed by atoms with Crippen molar-refractivity contribution in [1.29, 1.82) is 0 Å². The van der Waals surface area contributed by atoms with E-state index in [1.165, 1.54) is 106 Å². The van der Waals surface area contributed by atoms with E-state index in [-0.39, 0.29) is 172 Å². The molecule has 14 atom stereocenters. The van der Waals surface area contributed by atoms with Gasteiger partial charge in [-0.3, -0.25) is 38.4 Å². The van der Waals surface area contributed by atoms with E-state index in [0.717, 1.165) is 30.8 Å². The zero-order chi connectivity index (χ0) is 92.5. The number of ketones is 2. The molecule has 0 saturated carbocycles. The number of hydrogen-bond donors (Lipinski definition) is 3. The standard InChI is InChI=1S/C91H111N5O32/c1-48-31-69-85(105)95(90(108)119-44-58-19-21-73(65(37-58)71(101)17-15-24-110-11)126-88-52(5)79(123-55(8)98)80(124-56(9)99)81(128-88)87(107)113-14)67-40-75(50(3)33-63(67)83(103)93(69)42-48)117-46-60-34-61(36-62(35-60)116-30-29-115-28-27-114-26-23-92)47-118-77-41-68-64(39-76(77)112-13)84(104)94-43-49(2)32-70(94)86(106)96(68)91(109)120-45-59-20-22-74(66(38-59)72(102)18-16-25-111-12)127-89-82(125-57(10)100)78(122-54(7)97)51(4)53(6)121-89/h19-22,33-41,51-53,69-70,78-82,85-86,88-89,105-106H,1-2,15-18,23-32,42-47,92H2,3-14H3/t51-,52-,53-,69+,70?,78+,79-,80+,81?,82-,85?,86?,88?,89+/m1/s1. The first kappa shape index (κ1) is 96.8. The second-order valence-electron chi connectivity index (χ2n) is 31.8. The molecule has 6 heterocycles. The van der Waals surface area contributed by atoms with E-state index in [2.05, 4.69) is 13.2 Å². The monoisotopic (exact) mass is 1790 g/mol. The molecule has 5 aromatic rings. The highest BCUT2D eigenvalue weighted by atomic mass is 16.7. The molecule has 5 unspecified atom stereocenters. The molecule has 4 saturated heterocycles. The normalized spacial score (nSPS) is 22.9. The Hall–Kier alpha value is -11.8. The van der Waals surface area contributed by atoms with E-state index < -0.39 is 164 Å². The Bertz CT molecular complexity index is 4940. The molecule has 11 rings (SSSR count). The van der Waals surface area contributed by atoms with Crippen LogP contribution in [-0.4, -0.2) is 253 Å². The summed E-state index contributed by atoms with van der Waals surface area (Å²) in [5, 5.41) is 24.9. The fourth-order valence-electron chi connectivity index (χ4n) is 16.0. The van der Waals surface area contributed by atoms with Gasteiger partial charge in [-0.15, -0.1) is 0 Å². The van der Waals surface area contributed by atoms with Crippen molar-refractivity contribution in [3.63, 3.8) is 0 Å². The summed E-state index contributed by atoms with van der Waals surface area (Å²) in [6.45, 7) is 20.1.